The van der Waals surface area contributed by atoms with Gasteiger partial charge in [-0.15, -0.1) is 0 Å². The summed E-state index contributed by atoms with van der Waals surface area (Å²) < 4.78 is 11.3. The summed E-state index contributed by atoms with van der Waals surface area (Å²) in [5.74, 6) is 1.19. The van der Waals surface area contributed by atoms with Gasteiger partial charge in [-0.05, 0) is 49.6 Å². The molecule has 0 radical (unpaired) electrons. The number of para-hydroxylation sites is 1. The third-order valence-electron chi connectivity index (χ3n) is 3.61. The van der Waals surface area contributed by atoms with Gasteiger partial charge in [0.05, 0.1) is 23.9 Å². The van der Waals surface area contributed by atoms with Gasteiger partial charge in [0.1, 0.15) is 0 Å². The number of ether oxygens (including phenoxy) is 2. The minimum absolute atomic E-state index is 0.0767. The van der Waals surface area contributed by atoms with Gasteiger partial charge in [0.15, 0.2) is 11.5 Å². The van der Waals surface area contributed by atoms with Crippen LogP contribution in [0.2, 0.25) is 5.02 Å². The summed E-state index contributed by atoms with van der Waals surface area (Å²) in [7, 11) is 1.61. The number of aliphatic imine (C=N–C) groups is 1. The maximum Gasteiger partial charge on any atom is 0.180 e. The molecule has 2 aromatic rings. The molecule has 0 aromatic heterocycles. The largest absolute Gasteiger partial charge is 0.493 e. The maximum atomic E-state index is 6.36. The van der Waals surface area contributed by atoms with Crippen molar-refractivity contribution in [1.82, 2.24) is 0 Å². The van der Waals surface area contributed by atoms with Crippen molar-refractivity contribution in [1.29, 1.82) is 0 Å². The molecule has 0 aliphatic carbocycles. The molecular weight excluding hydrogens is 310 g/mol. The number of halogens is 1. The molecule has 0 bridgehead atoms. The van der Waals surface area contributed by atoms with Crippen LogP contribution in [0.15, 0.2) is 41.4 Å². The predicted molar refractivity (Wildman–Crippen MR) is 96.8 cm³/mol. The lowest BCUT2D eigenvalue weighted by molar-refractivity contribution is 0.208. The van der Waals surface area contributed by atoms with Crippen LogP contribution in [-0.4, -0.2) is 19.4 Å². The molecule has 0 heterocycles. The molecule has 0 aliphatic rings. The van der Waals surface area contributed by atoms with Crippen LogP contribution in [-0.2, 0) is 0 Å². The summed E-state index contributed by atoms with van der Waals surface area (Å²) in [5.41, 5.74) is 2.92. The molecule has 0 amide bonds. The lowest BCUT2D eigenvalue weighted by Gasteiger charge is -2.17. The maximum absolute atomic E-state index is 6.36. The van der Waals surface area contributed by atoms with Crippen molar-refractivity contribution in [3.05, 3.63) is 52.5 Å². The molecule has 122 valence electrons. The van der Waals surface area contributed by atoms with E-state index in [2.05, 4.69) is 11.9 Å². The topological polar surface area (TPSA) is 30.8 Å². The van der Waals surface area contributed by atoms with Crippen LogP contribution in [0.3, 0.4) is 0 Å². The second kappa shape index (κ2) is 8.02. The van der Waals surface area contributed by atoms with Crippen LogP contribution in [0.1, 0.15) is 31.4 Å². The van der Waals surface area contributed by atoms with E-state index in [1.54, 1.807) is 13.3 Å². The van der Waals surface area contributed by atoms with Crippen LogP contribution in [0, 0.1) is 6.92 Å². The normalized spacial score (nSPS) is 12.4. The smallest absolute Gasteiger partial charge is 0.180 e. The van der Waals surface area contributed by atoms with Crippen LogP contribution >= 0.6 is 11.6 Å². The monoisotopic (exact) mass is 331 g/mol. The third-order valence-corrected chi connectivity index (χ3v) is 3.89. The number of hydrogen-bond donors (Lipinski definition) is 0. The fraction of sp³-hybridized carbons (Fsp3) is 0.316. The number of nitrogens with zero attached hydrogens (tertiary/aromatic N) is 1. The number of methoxy groups -OCH3 is 1. The Labute approximate surface area is 142 Å². The van der Waals surface area contributed by atoms with Crippen molar-refractivity contribution >= 4 is 23.5 Å². The molecule has 0 spiro atoms. The van der Waals surface area contributed by atoms with Crippen molar-refractivity contribution in [2.24, 2.45) is 4.99 Å². The molecule has 2 rings (SSSR count). The summed E-state index contributed by atoms with van der Waals surface area (Å²) in [6.45, 7) is 6.10. The highest BCUT2D eigenvalue weighted by molar-refractivity contribution is 6.32. The zero-order valence-corrected chi connectivity index (χ0v) is 14.7. The summed E-state index contributed by atoms with van der Waals surface area (Å²) in [6, 6.07) is 11.7. The Morgan fingerprint density at radius 2 is 2.00 bits per heavy atom. The Morgan fingerprint density at radius 1 is 1.26 bits per heavy atom. The van der Waals surface area contributed by atoms with Crippen molar-refractivity contribution in [2.45, 2.75) is 33.3 Å². The van der Waals surface area contributed by atoms with Crippen LogP contribution in [0.4, 0.5) is 5.69 Å². The van der Waals surface area contributed by atoms with E-state index in [9.17, 15) is 0 Å². The Hall–Kier alpha value is -2.00. The lowest BCUT2D eigenvalue weighted by atomic mass is 10.2. The SMILES string of the molecule is CC[C@@H](C)Oc1c(Cl)cc(C=Nc2ccccc2C)cc1OC. The van der Waals surface area contributed by atoms with Gasteiger partial charge >= 0.3 is 0 Å². The fourth-order valence-electron chi connectivity index (χ4n) is 2.07. The molecule has 0 unspecified atom stereocenters. The van der Waals surface area contributed by atoms with Crippen LogP contribution in [0.5, 0.6) is 11.5 Å². The van der Waals surface area contributed by atoms with Gasteiger partial charge in [0, 0.05) is 6.21 Å². The van der Waals surface area contributed by atoms with Crippen molar-refractivity contribution in [3.63, 3.8) is 0 Å². The summed E-state index contributed by atoms with van der Waals surface area (Å²) in [5, 5.41) is 0.524. The summed E-state index contributed by atoms with van der Waals surface area (Å²) in [4.78, 5) is 4.52. The van der Waals surface area contributed by atoms with E-state index in [1.807, 2.05) is 50.2 Å². The first-order valence-electron chi connectivity index (χ1n) is 7.69. The highest BCUT2D eigenvalue weighted by Crippen LogP contribution is 2.37. The number of benzene rings is 2. The first kappa shape index (κ1) is 17.4. The van der Waals surface area contributed by atoms with E-state index in [1.165, 1.54) is 0 Å². The highest BCUT2D eigenvalue weighted by atomic mass is 35.5. The van der Waals surface area contributed by atoms with E-state index in [0.717, 1.165) is 23.2 Å². The first-order valence-corrected chi connectivity index (χ1v) is 8.06. The minimum Gasteiger partial charge on any atom is -0.493 e. The Balaban J connectivity index is 2.31. The molecule has 0 aliphatic heterocycles. The molecule has 23 heavy (non-hydrogen) atoms. The number of aryl methyl sites for hydroxylation is 1. The molecule has 0 saturated carbocycles. The van der Waals surface area contributed by atoms with Gasteiger partial charge in [-0.25, -0.2) is 0 Å². The molecule has 2 aromatic carbocycles. The van der Waals surface area contributed by atoms with Gasteiger partial charge in [0.25, 0.3) is 0 Å². The molecule has 0 N–H and O–H groups in total. The molecule has 3 nitrogen and oxygen atoms in total. The summed E-state index contributed by atoms with van der Waals surface area (Å²) >= 11 is 6.36. The third kappa shape index (κ3) is 4.49. The van der Waals surface area contributed by atoms with Crippen molar-refractivity contribution in [3.8, 4) is 11.5 Å². The van der Waals surface area contributed by atoms with E-state index in [-0.39, 0.29) is 6.10 Å². The van der Waals surface area contributed by atoms with E-state index >= 15 is 0 Å². The highest BCUT2D eigenvalue weighted by Gasteiger charge is 2.14. The lowest BCUT2D eigenvalue weighted by Crippen LogP contribution is -2.11. The average molecular weight is 332 g/mol. The van der Waals surface area contributed by atoms with Crippen molar-refractivity contribution in [2.75, 3.05) is 7.11 Å². The second-order valence-electron chi connectivity index (χ2n) is 5.42. The van der Waals surface area contributed by atoms with Crippen LogP contribution in [0.25, 0.3) is 0 Å². The zero-order chi connectivity index (χ0) is 16.8. The zero-order valence-electron chi connectivity index (χ0n) is 14.0. The second-order valence-corrected chi connectivity index (χ2v) is 5.82. The number of hydrogen-bond acceptors (Lipinski definition) is 3. The Bertz CT molecular complexity index is 698. The Kier molecular flexibility index (Phi) is 6.05. The van der Waals surface area contributed by atoms with Crippen LogP contribution < -0.4 is 9.47 Å². The van der Waals surface area contributed by atoms with Gasteiger partial charge < -0.3 is 9.47 Å². The van der Waals surface area contributed by atoms with E-state index in [4.69, 9.17) is 21.1 Å². The first-order chi connectivity index (χ1) is 11.0. The quantitative estimate of drug-likeness (QED) is 0.646. The van der Waals surface area contributed by atoms with Gasteiger partial charge in [-0.3, -0.25) is 4.99 Å². The standard InChI is InChI=1S/C19H22ClNO2/c1-5-14(3)23-19-16(20)10-15(11-18(19)22-4)12-21-17-9-7-6-8-13(17)2/h6-12,14H,5H2,1-4H3/t14-/m1/s1. The average Bonchev–Trinajstić information content (AvgIpc) is 2.55. The molecule has 0 saturated heterocycles. The van der Waals surface area contributed by atoms with E-state index in [0.29, 0.717) is 16.5 Å². The molecule has 0 fully saturated rings. The van der Waals surface area contributed by atoms with Gasteiger partial charge in [0.2, 0.25) is 0 Å². The summed E-state index contributed by atoms with van der Waals surface area (Å²) in [6.07, 6.45) is 2.76. The number of rotatable bonds is 6. The molecule has 1 atom stereocenters. The minimum atomic E-state index is 0.0767. The predicted octanol–water partition coefficient (Wildman–Crippen LogP) is 5.58. The van der Waals surface area contributed by atoms with Gasteiger partial charge in [-0.1, -0.05) is 36.7 Å². The van der Waals surface area contributed by atoms with Gasteiger partial charge in [-0.2, -0.15) is 0 Å². The Morgan fingerprint density at radius 3 is 2.65 bits per heavy atom. The fourth-order valence-corrected chi connectivity index (χ4v) is 2.33. The molecular formula is C19H22ClNO2. The molecule has 4 heteroatoms. The van der Waals surface area contributed by atoms with Crippen molar-refractivity contribution < 1.29 is 9.47 Å². The van der Waals surface area contributed by atoms with E-state index < -0.39 is 0 Å².